The fourth-order valence-corrected chi connectivity index (χ4v) is 2.53. The van der Waals surface area contributed by atoms with Crippen LogP contribution in [0.4, 0.5) is 10.1 Å². The van der Waals surface area contributed by atoms with Crippen molar-refractivity contribution < 1.29 is 9.18 Å². The summed E-state index contributed by atoms with van der Waals surface area (Å²) in [7, 11) is 0. The summed E-state index contributed by atoms with van der Waals surface area (Å²) >= 11 is 0. The number of halogens is 1. The Kier molecular flexibility index (Phi) is 5.13. The molecule has 0 aliphatic rings. The number of fused-ring (bicyclic) bond motifs is 1. The molecule has 0 atom stereocenters. The van der Waals surface area contributed by atoms with E-state index in [0.717, 1.165) is 10.9 Å². The van der Waals surface area contributed by atoms with E-state index in [2.05, 4.69) is 15.6 Å². The summed E-state index contributed by atoms with van der Waals surface area (Å²) < 4.78 is 13.5. The van der Waals surface area contributed by atoms with E-state index in [9.17, 15) is 9.18 Å². The molecule has 0 unspecified atom stereocenters. The maximum Gasteiger partial charge on any atom is 0.238 e. The average molecular weight is 323 g/mol. The number of hydrogen-bond acceptors (Lipinski definition) is 3. The van der Waals surface area contributed by atoms with Gasteiger partial charge in [0.05, 0.1) is 17.7 Å². The van der Waals surface area contributed by atoms with E-state index in [0.29, 0.717) is 24.2 Å². The molecule has 0 radical (unpaired) electrons. The third-order valence-electron chi connectivity index (χ3n) is 3.72. The molecule has 4 nitrogen and oxygen atoms in total. The summed E-state index contributed by atoms with van der Waals surface area (Å²) in [6.07, 6.45) is 2.24. The number of anilines is 1. The molecule has 0 spiro atoms. The Morgan fingerprint density at radius 2 is 1.88 bits per heavy atom. The number of aromatic nitrogens is 1. The quantitative estimate of drug-likeness (QED) is 0.685. The molecule has 122 valence electrons. The smallest absolute Gasteiger partial charge is 0.238 e. The molecule has 0 saturated heterocycles. The van der Waals surface area contributed by atoms with Crippen LogP contribution in [0.1, 0.15) is 5.56 Å². The van der Waals surface area contributed by atoms with E-state index in [4.69, 9.17) is 0 Å². The second-order valence-corrected chi connectivity index (χ2v) is 5.45. The zero-order chi connectivity index (χ0) is 16.8. The number of para-hydroxylation sites is 1. The number of benzene rings is 2. The van der Waals surface area contributed by atoms with Crippen molar-refractivity contribution in [1.82, 2.24) is 10.3 Å². The first-order valence-corrected chi connectivity index (χ1v) is 7.82. The van der Waals surface area contributed by atoms with Gasteiger partial charge in [0.25, 0.3) is 0 Å². The van der Waals surface area contributed by atoms with Gasteiger partial charge in [0.15, 0.2) is 0 Å². The monoisotopic (exact) mass is 323 g/mol. The molecule has 0 aliphatic heterocycles. The van der Waals surface area contributed by atoms with E-state index in [1.54, 1.807) is 24.4 Å². The lowest BCUT2D eigenvalue weighted by molar-refractivity contribution is -0.115. The fraction of sp³-hybridized carbons (Fsp3) is 0.158. The SMILES string of the molecule is O=C(CNCCc1ccccc1F)Nc1cccc2cccnc12. The molecule has 1 heterocycles. The molecule has 2 aromatic carbocycles. The van der Waals surface area contributed by atoms with Crippen molar-refractivity contribution in [3.05, 3.63) is 72.2 Å². The summed E-state index contributed by atoms with van der Waals surface area (Å²) in [6, 6.07) is 16.1. The molecule has 1 amide bonds. The predicted octanol–water partition coefficient (Wildman–Crippen LogP) is 3.14. The van der Waals surface area contributed by atoms with Gasteiger partial charge in [-0.05, 0) is 36.7 Å². The molecule has 0 bridgehead atoms. The van der Waals surface area contributed by atoms with Crippen molar-refractivity contribution in [2.45, 2.75) is 6.42 Å². The number of nitrogens with one attached hydrogen (secondary N) is 2. The molecule has 1 aromatic heterocycles. The fourth-order valence-electron chi connectivity index (χ4n) is 2.53. The van der Waals surface area contributed by atoms with Crippen LogP contribution in [0.15, 0.2) is 60.8 Å². The Balaban J connectivity index is 1.51. The predicted molar refractivity (Wildman–Crippen MR) is 93.3 cm³/mol. The zero-order valence-electron chi connectivity index (χ0n) is 13.1. The van der Waals surface area contributed by atoms with Gasteiger partial charge >= 0.3 is 0 Å². The Hall–Kier alpha value is -2.79. The van der Waals surface area contributed by atoms with Gasteiger partial charge in [-0.2, -0.15) is 0 Å². The van der Waals surface area contributed by atoms with E-state index in [1.807, 2.05) is 30.3 Å². The zero-order valence-corrected chi connectivity index (χ0v) is 13.1. The lowest BCUT2D eigenvalue weighted by atomic mass is 10.1. The topological polar surface area (TPSA) is 54.0 Å². The summed E-state index contributed by atoms with van der Waals surface area (Å²) in [4.78, 5) is 16.4. The van der Waals surface area contributed by atoms with Crippen LogP contribution in [-0.4, -0.2) is 24.0 Å². The third-order valence-corrected chi connectivity index (χ3v) is 3.72. The maximum absolute atomic E-state index is 13.5. The van der Waals surface area contributed by atoms with Gasteiger partial charge in [0.2, 0.25) is 5.91 Å². The molecule has 0 saturated carbocycles. The van der Waals surface area contributed by atoms with Gasteiger partial charge < -0.3 is 10.6 Å². The first-order valence-electron chi connectivity index (χ1n) is 7.82. The highest BCUT2D eigenvalue weighted by Gasteiger charge is 2.06. The number of nitrogens with zero attached hydrogens (tertiary/aromatic N) is 1. The third kappa shape index (κ3) is 3.94. The Morgan fingerprint density at radius 1 is 1.04 bits per heavy atom. The normalized spacial score (nSPS) is 10.7. The van der Waals surface area contributed by atoms with Crippen LogP contribution < -0.4 is 10.6 Å². The van der Waals surface area contributed by atoms with Gasteiger partial charge in [-0.25, -0.2) is 4.39 Å². The van der Waals surface area contributed by atoms with Crippen LogP contribution in [0.5, 0.6) is 0 Å². The number of amides is 1. The first kappa shape index (κ1) is 16.1. The van der Waals surface area contributed by atoms with E-state index >= 15 is 0 Å². The number of hydrogen-bond donors (Lipinski definition) is 2. The minimum atomic E-state index is -0.217. The standard InChI is InChI=1S/C19H18FN3O/c20-16-8-2-1-5-14(16)10-12-21-13-18(24)23-17-9-3-6-15-7-4-11-22-19(15)17/h1-9,11,21H,10,12-13H2,(H,23,24). The van der Waals surface area contributed by atoms with Crippen LogP contribution in [-0.2, 0) is 11.2 Å². The number of carbonyl (C=O) groups is 1. The van der Waals surface area contributed by atoms with Gasteiger partial charge in [-0.1, -0.05) is 36.4 Å². The largest absolute Gasteiger partial charge is 0.323 e. The molecule has 2 N–H and O–H groups in total. The number of pyridine rings is 1. The van der Waals surface area contributed by atoms with Crippen molar-refractivity contribution in [1.29, 1.82) is 0 Å². The van der Waals surface area contributed by atoms with Crippen LogP contribution in [0, 0.1) is 5.82 Å². The van der Waals surface area contributed by atoms with Crippen molar-refractivity contribution >= 4 is 22.5 Å². The van der Waals surface area contributed by atoms with Crippen molar-refractivity contribution in [2.75, 3.05) is 18.4 Å². The highest BCUT2D eigenvalue weighted by atomic mass is 19.1. The lowest BCUT2D eigenvalue weighted by Gasteiger charge is -2.09. The van der Waals surface area contributed by atoms with Gasteiger partial charge in [-0.3, -0.25) is 9.78 Å². The Bertz CT molecular complexity index is 845. The molecular formula is C19H18FN3O. The van der Waals surface area contributed by atoms with Crippen LogP contribution >= 0.6 is 0 Å². The van der Waals surface area contributed by atoms with E-state index in [1.165, 1.54) is 6.07 Å². The van der Waals surface area contributed by atoms with E-state index in [-0.39, 0.29) is 18.3 Å². The Labute approximate surface area is 139 Å². The van der Waals surface area contributed by atoms with E-state index < -0.39 is 0 Å². The molecule has 3 aromatic rings. The maximum atomic E-state index is 13.5. The second kappa shape index (κ2) is 7.66. The minimum Gasteiger partial charge on any atom is -0.323 e. The van der Waals surface area contributed by atoms with Crippen LogP contribution in [0.25, 0.3) is 10.9 Å². The summed E-state index contributed by atoms with van der Waals surface area (Å²) in [5.74, 6) is -0.368. The van der Waals surface area contributed by atoms with Crippen molar-refractivity contribution in [3.63, 3.8) is 0 Å². The van der Waals surface area contributed by atoms with Crippen molar-refractivity contribution in [2.24, 2.45) is 0 Å². The summed E-state index contributed by atoms with van der Waals surface area (Å²) in [5, 5.41) is 6.86. The van der Waals surface area contributed by atoms with Crippen LogP contribution in [0.2, 0.25) is 0 Å². The summed E-state index contributed by atoms with van der Waals surface area (Å²) in [5.41, 5.74) is 2.09. The summed E-state index contributed by atoms with van der Waals surface area (Å²) in [6.45, 7) is 0.694. The van der Waals surface area contributed by atoms with Gasteiger partial charge in [0, 0.05) is 11.6 Å². The lowest BCUT2D eigenvalue weighted by Crippen LogP contribution is -2.29. The molecule has 5 heteroatoms. The molecule has 0 fully saturated rings. The molecule has 24 heavy (non-hydrogen) atoms. The van der Waals surface area contributed by atoms with Gasteiger partial charge in [-0.15, -0.1) is 0 Å². The highest BCUT2D eigenvalue weighted by Crippen LogP contribution is 2.20. The average Bonchev–Trinajstić information content (AvgIpc) is 2.60. The first-order chi connectivity index (χ1) is 11.7. The van der Waals surface area contributed by atoms with Crippen LogP contribution in [0.3, 0.4) is 0 Å². The molecule has 3 rings (SSSR count). The van der Waals surface area contributed by atoms with Crippen molar-refractivity contribution in [3.8, 4) is 0 Å². The minimum absolute atomic E-state index is 0.151. The van der Waals surface area contributed by atoms with Gasteiger partial charge in [0.1, 0.15) is 5.82 Å². The molecule has 0 aliphatic carbocycles. The second-order valence-electron chi connectivity index (χ2n) is 5.45. The number of rotatable bonds is 6. The highest BCUT2D eigenvalue weighted by molar-refractivity contribution is 6.00. The Morgan fingerprint density at radius 3 is 2.75 bits per heavy atom. The molecular weight excluding hydrogens is 305 g/mol. The number of carbonyl (C=O) groups excluding carboxylic acids is 1.